The third-order valence-electron chi connectivity index (χ3n) is 2.88. The van der Waals surface area contributed by atoms with Crippen LogP contribution in [0.2, 0.25) is 0 Å². The Bertz CT molecular complexity index is 388. The van der Waals surface area contributed by atoms with Gasteiger partial charge in [0.2, 0.25) is 5.91 Å². The molecule has 2 atom stereocenters. The normalized spacial score (nSPS) is 23.4. The van der Waals surface area contributed by atoms with E-state index >= 15 is 0 Å². The van der Waals surface area contributed by atoms with Gasteiger partial charge in [0, 0.05) is 12.6 Å². The largest absolute Gasteiger partial charge is 0.488 e. The average Bonchev–Trinajstić information content (AvgIpc) is 2.67. The predicted molar refractivity (Wildman–Crippen MR) is 65.0 cm³/mol. The maximum atomic E-state index is 10.8. The van der Waals surface area contributed by atoms with Crippen molar-refractivity contribution < 1.29 is 14.6 Å². The summed E-state index contributed by atoms with van der Waals surface area (Å²) in [7, 11) is 0. The van der Waals surface area contributed by atoms with Gasteiger partial charge in [-0.1, -0.05) is 0 Å². The van der Waals surface area contributed by atoms with Gasteiger partial charge in [-0.05, 0) is 43.5 Å². The van der Waals surface area contributed by atoms with E-state index in [1.165, 1.54) is 6.92 Å². The van der Waals surface area contributed by atoms with E-state index in [0.717, 1.165) is 30.7 Å². The minimum absolute atomic E-state index is 0.0927. The smallest absolute Gasteiger partial charge is 0.221 e. The van der Waals surface area contributed by atoms with Crippen LogP contribution in [0.15, 0.2) is 24.3 Å². The number of nitrogens with one attached hydrogen (secondary N) is 1. The first kappa shape index (κ1) is 11.9. The van der Waals surface area contributed by atoms with Gasteiger partial charge in [-0.15, -0.1) is 0 Å². The summed E-state index contributed by atoms with van der Waals surface area (Å²) in [5.74, 6) is 0.634. The van der Waals surface area contributed by atoms with Crippen LogP contribution in [-0.2, 0) is 4.79 Å². The molecule has 1 fully saturated rings. The van der Waals surface area contributed by atoms with Crippen LogP contribution in [0.1, 0.15) is 26.2 Å². The van der Waals surface area contributed by atoms with Gasteiger partial charge in [-0.25, -0.2) is 0 Å². The van der Waals surface area contributed by atoms with E-state index in [1.54, 1.807) is 24.3 Å². The molecular weight excluding hydrogens is 218 g/mol. The first-order chi connectivity index (χ1) is 8.15. The third kappa shape index (κ3) is 3.20. The minimum Gasteiger partial charge on any atom is -0.488 e. The summed E-state index contributed by atoms with van der Waals surface area (Å²) < 4.78 is 5.68. The van der Waals surface area contributed by atoms with Crippen molar-refractivity contribution in [2.75, 3.05) is 5.32 Å². The number of carbonyl (C=O) groups is 1. The average molecular weight is 235 g/mol. The molecule has 1 aliphatic rings. The second kappa shape index (κ2) is 5.19. The first-order valence-corrected chi connectivity index (χ1v) is 5.87. The van der Waals surface area contributed by atoms with Crippen molar-refractivity contribution in [1.82, 2.24) is 0 Å². The molecule has 1 aromatic rings. The Morgan fingerprint density at radius 1 is 1.35 bits per heavy atom. The van der Waals surface area contributed by atoms with E-state index in [1.807, 2.05) is 0 Å². The molecule has 0 saturated heterocycles. The molecule has 2 rings (SSSR count). The van der Waals surface area contributed by atoms with Gasteiger partial charge in [0.1, 0.15) is 11.9 Å². The van der Waals surface area contributed by atoms with Crippen molar-refractivity contribution in [2.45, 2.75) is 38.4 Å². The maximum Gasteiger partial charge on any atom is 0.221 e. The highest BCUT2D eigenvalue weighted by Gasteiger charge is 2.26. The molecule has 0 aromatic heterocycles. The van der Waals surface area contributed by atoms with Crippen molar-refractivity contribution in [2.24, 2.45) is 0 Å². The molecule has 0 spiro atoms. The van der Waals surface area contributed by atoms with Gasteiger partial charge in [-0.3, -0.25) is 4.79 Å². The zero-order valence-corrected chi connectivity index (χ0v) is 9.85. The van der Waals surface area contributed by atoms with Crippen LogP contribution in [0.5, 0.6) is 5.75 Å². The summed E-state index contributed by atoms with van der Waals surface area (Å²) in [5, 5.41) is 12.3. The highest BCUT2D eigenvalue weighted by Crippen LogP contribution is 2.25. The van der Waals surface area contributed by atoms with Gasteiger partial charge in [-0.2, -0.15) is 0 Å². The van der Waals surface area contributed by atoms with Crippen molar-refractivity contribution in [3.63, 3.8) is 0 Å². The molecule has 4 nitrogen and oxygen atoms in total. The van der Waals surface area contributed by atoms with E-state index in [0.29, 0.717) is 0 Å². The third-order valence-corrected chi connectivity index (χ3v) is 2.88. The molecule has 0 bridgehead atoms. The van der Waals surface area contributed by atoms with Crippen molar-refractivity contribution >= 4 is 11.6 Å². The highest BCUT2D eigenvalue weighted by molar-refractivity contribution is 5.88. The van der Waals surface area contributed by atoms with Gasteiger partial charge in [0.05, 0.1) is 6.10 Å². The first-order valence-electron chi connectivity index (χ1n) is 5.87. The Hall–Kier alpha value is -1.55. The van der Waals surface area contributed by atoms with Crippen LogP contribution >= 0.6 is 0 Å². The van der Waals surface area contributed by atoms with E-state index < -0.39 is 0 Å². The van der Waals surface area contributed by atoms with E-state index in [-0.39, 0.29) is 18.1 Å². The monoisotopic (exact) mass is 235 g/mol. The van der Waals surface area contributed by atoms with E-state index in [2.05, 4.69) is 5.32 Å². The number of carbonyl (C=O) groups excluding carboxylic acids is 1. The number of hydrogen-bond donors (Lipinski definition) is 2. The molecule has 1 aromatic carbocycles. The zero-order valence-electron chi connectivity index (χ0n) is 9.85. The van der Waals surface area contributed by atoms with E-state index in [9.17, 15) is 9.90 Å². The Balaban J connectivity index is 1.95. The summed E-state index contributed by atoms with van der Waals surface area (Å²) in [4.78, 5) is 10.8. The molecular formula is C13H17NO3. The number of hydrogen-bond acceptors (Lipinski definition) is 3. The summed E-state index contributed by atoms with van der Waals surface area (Å²) in [6.45, 7) is 1.47. The van der Waals surface area contributed by atoms with Gasteiger partial charge in [0.15, 0.2) is 0 Å². The molecule has 0 aliphatic heterocycles. The second-order valence-electron chi connectivity index (χ2n) is 4.36. The summed E-state index contributed by atoms with van der Waals surface area (Å²) in [6, 6.07) is 7.18. The highest BCUT2D eigenvalue weighted by atomic mass is 16.5. The quantitative estimate of drug-likeness (QED) is 0.841. The SMILES string of the molecule is CC(=O)Nc1ccc(OC2CCCC2O)cc1. The molecule has 1 amide bonds. The number of anilines is 1. The summed E-state index contributed by atoms with van der Waals surface area (Å²) >= 11 is 0. The molecule has 2 unspecified atom stereocenters. The fourth-order valence-corrected chi connectivity index (χ4v) is 2.04. The van der Waals surface area contributed by atoms with Gasteiger partial charge < -0.3 is 15.2 Å². The van der Waals surface area contributed by atoms with Crippen LogP contribution in [-0.4, -0.2) is 23.2 Å². The van der Waals surface area contributed by atoms with Crippen LogP contribution in [0.4, 0.5) is 5.69 Å². The van der Waals surface area contributed by atoms with Crippen LogP contribution in [0, 0.1) is 0 Å². The lowest BCUT2D eigenvalue weighted by atomic mass is 10.2. The minimum atomic E-state index is -0.356. The lowest BCUT2D eigenvalue weighted by Gasteiger charge is -2.17. The number of ether oxygens (including phenoxy) is 1. The Kier molecular flexibility index (Phi) is 3.64. The molecule has 92 valence electrons. The van der Waals surface area contributed by atoms with Gasteiger partial charge in [0.25, 0.3) is 0 Å². The van der Waals surface area contributed by atoms with Crippen LogP contribution in [0.3, 0.4) is 0 Å². The molecule has 1 aliphatic carbocycles. The van der Waals surface area contributed by atoms with Crippen LogP contribution in [0.25, 0.3) is 0 Å². The number of aliphatic hydroxyl groups is 1. The topological polar surface area (TPSA) is 58.6 Å². The van der Waals surface area contributed by atoms with Crippen molar-refractivity contribution in [1.29, 1.82) is 0 Å². The number of benzene rings is 1. The maximum absolute atomic E-state index is 10.8. The molecule has 0 radical (unpaired) electrons. The molecule has 2 N–H and O–H groups in total. The predicted octanol–water partition coefficient (Wildman–Crippen LogP) is 1.94. The number of amides is 1. The van der Waals surface area contributed by atoms with Crippen LogP contribution < -0.4 is 10.1 Å². The molecule has 4 heteroatoms. The fourth-order valence-electron chi connectivity index (χ4n) is 2.04. The Labute approximate surface area is 101 Å². The summed E-state index contributed by atoms with van der Waals surface area (Å²) in [5.41, 5.74) is 0.747. The van der Waals surface area contributed by atoms with E-state index in [4.69, 9.17) is 4.74 Å². The summed E-state index contributed by atoms with van der Waals surface area (Å²) in [6.07, 6.45) is 2.27. The van der Waals surface area contributed by atoms with Gasteiger partial charge >= 0.3 is 0 Å². The molecule has 17 heavy (non-hydrogen) atoms. The second-order valence-corrected chi connectivity index (χ2v) is 4.36. The number of rotatable bonds is 3. The Morgan fingerprint density at radius 3 is 2.59 bits per heavy atom. The lowest BCUT2D eigenvalue weighted by molar-refractivity contribution is -0.114. The number of aliphatic hydroxyl groups excluding tert-OH is 1. The Morgan fingerprint density at radius 2 is 2.06 bits per heavy atom. The lowest BCUT2D eigenvalue weighted by Crippen LogP contribution is -2.25. The molecule has 1 saturated carbocycles. The standard InChI is InChI=1S/C13H17NO3/c1-9(15)14-10-5-7-11(8-6-10)17-13-4-2-3-12(13)16/h5-8,12-13,16H,2-4H2,1H3,(H,14,15). The van der Waals surface area contributed by atoms with Crippen molar-refractivity contribution in [3.8, 4) is 5.75 Å². The fraction of sp³-hybridized carbons (Fsp3) is 0.462. The molecule has 0 heterocycles. The zero-order chi connectivity index (χ0) is 12.3. The van der Waals surface area contributed by atoms with Crippen molar-refractivity contribution in [3.05, 3.63) is 24.3 Å².